The van der Waals surface area contributed by atoms with E-state index in [-0.39, 0.29) is 11.7 Å². The van der Waals surface area contributed by atoms with Gasteiger partial charge >= 0.3 is 0 Å². The summed E-state index contributed by atoms with van der Waals surface area (Å²) in [5, 5.41) is 2.82. The van der Waals surface area contributed by atoms with Gasteiger partial charge in [0.1, 0.15) is 0 Å². The number of ketones is 1. The second-order valence-electron chi connectivity index (χ2n) is 5.08. The molecule has 0 bridgehead atoms. The summed E-state index contributed by atoms with van der Waals surface area (Å²) in [6, 6.07) is 18.7. The number of Topliss-reactive ketones (excluding diaryl/α,β-unsaturated/α-hetero) is 1. The number of hydrogen-bond donors (Lipinski definition) is 1. The van der Waals surface area contributed by atoms with Gasteiger partial charge in [0.2, 0.25) is 5.91 Å². The molecule has 0 saturated carbocycles. The molecule has 0 fully saturated rings. The molecule has 2 aromatic carbocycles. The van der Waals surface area contributed by atoms with Gasteiger partial charge in [-0.3, -0.25) is 9.59 Å². The molecule has 0 aliphatic carbocycles. The maximum Gasteiger partial charge on any atom is 0.225 e. The molecule has 2 aromatic rings. The zero-order chi connectivity index (χ0) is 15.1. The van der Waals surface area contributed by atoms with Crippen molar-refractivity contribution in [1.82, 2.24) is 5.32 Å². The largest absolute Gasteiger partial charge is 0.346 e. The molecule has 1 amide bonds. The number of hydrogen-bond acceptors (Lipinski definition) is 2. The van der Waals surface area contributed by atoms with Crippen molar-refractivity contribution >= 4 is 11.7 Å². The molecule has 3 heteroatoms. The summed E-state index contributed by atoms with van der Waals surface area (Å²) < 4.78 is 0. The van der Waals surface area contributed by atoms with Crippen LogP contribution in [-0.4, -0.2) is 17.7 Å². The minimum absolute atomic E-state index is 0.0275. The van der Waals surface area contributed by atoms with Crippen molar-refractivity contribution in [2.75, 3.05) is 0 Å². The van der Waals surface area contributed by atoms with Gasteiger partial charge in [0.05, 0.1) is 12.5 Å². The van der Waals surface area contributed by atoms with E-state index < -0.39 is 6.04 Å². The van der Waals surface area contributed by atoms with Crippen molar-refractivity contribution in [3.8, 4) is 0 Å². The summed E-state index contributed by atoms with van der Waals surface area (Å²) in [5.41, 5.74) is 1.98. The van der Waals surface area contributed by atoms with Crippen molar-refractivity contribution < 1.29 is 9.59 Å². The molecule has 1 atom stereocenters. The van der Waals surface area contributed by atoms with E-state index in [1.807, 2.05) is 60.7 Å². The van der Waals surface area contributed by atoms with Crippen LogP contribution in [-0.2, 0) is 22.4 Å². The van der Waals surface area contributed by atoms with Crippen molar-refractivity contribution in [2.45, 2.75) is 25.8 Å². The molecule has 0 saturated heterocycles. The predicted molar refractivity (Wildman–Crippen MR) is 82.9 cm³/mol. The first-order valence-electron chi connectivity index (χ1n) is 7.03. The topological polar surface area (TPSA) is 46.2 Å². The monoisotopic (exact) mass is 281 g/mol. The van der Waals surface area contributed by atoms with Crippen LogP contribution in [0.1, 0.15) is 18.1 Å². The second-order valence-corrected chi connectivity index (χ2v) is 5.08. The van der Waals surface area contributed by atoms with Gasteiger partial charge in [0, 0.05) is 0 Å². The van der Waals surface area contributed by atoms with Gasteiger partial charge in [-0.1, -0.05) is 60.7 Å². The van der Waals surface area contributed by atoms with E-state index in [0.717, 1.165) is 11.1 Å². The molecule has 1 N–H and O–H groups in total. The van der Waals surface area contributed by atoms with E-state index in [0.29, 0.717) is 12.8 Å². The summed E-state index contributed by atoms with van der Waals surface area (Å²) in [4.78, 5) is 23.8. The first-order chi connectivity index (χ1) is 10.1. The summed E-state index contributed by atoms with van der Waals surface area (Å²) in [7, 11) is 0. The molecule has 0 aliphatic heterocycles. The Morgan fingerprint density at radius 2 is 1.43 bits per heavy atom. The van der Waals surface area contributed by atoms with E-state index in [1.165, 1.54) is 6.92 Å². The summed E-state index contributed by atoms with van der Waals surface area (Å²) >= 11 is 0. The molecule has 0 aliphatic rings. The first kappa shape index (κ1) is 15.0. The van der Waals surface area contributed by atoms with Crippen LogP contribution in [0.2, 0.25) is 0 Å². The maximum atomic E-state index is 12.1. The van der Waals surface area contributed by atoms with E-state index in [2.05, 4.69) is 5.32 Å². The molecule has 0 heterocycles. The number of amides is 1. The van der Waals surface area contributed by atoms with Gasteiger partial charge in [0.15, 0.2) is 5.78 Å². The fraction of sp³-hybridized carbons (Fsp3) is 0.222. The van der Waals surface area contributed by atoms with Crippen LogP contribution in [0.15, 0.2) is 60.7 Å². The lowest BCUT2D eigenvalue weighted by atomic mass is 10.0. The lowest BCUT2D eigenvalue weighted by molar-refractivity contribution is -0.126. The van der Waals surface area contributed by atoms with Crippen LogP contribution in [0.3, 0.4) is 0 Å². The average Bonchev–Trinajstić information content (AvgIpc) is 2.48. The SMILES string of the molecule is CC(=O)C(Cc1ccccc1)NC(=O)Cc1ccccc1. The number of nitrogens with one attached hydrogen (secondary N) is 1. The van der Waals surface area contributed by atoms with Crippen molar-refractivity contribution in [2.24, 2.45) is 0 Å². The Morgan fingerprint density at radius 3 is 1.95 bits per heavy atom. The summed E-state index contributed by atoms with van der Waals surface area (Å²) in [6.07, 6.45) is 0.816. The molecule has 2 rings (SSSR count). The fourth-order valence-corrected chi connectivity index (χ4v) is 2.17. The lowest BCUT2D eigenvalue weighted by Gasteiger charge is -2.16. The first-order valence-corrected chi connectivity index (χ1v) is 7.03. The van der Waals surface area contributed by atoms with Crippen LogP contribution < -0.4 is 5.32 Å². The van der Waals surface area contributed by atoms with Gasteiger partial charge < -0.3 is 5.32 Å². The van der Waals surface area contributed by atoms with Crippen molar-refractivity contribution in [1.29, 1.82) is 0 Å². The molecular weight excluding hydrogens is 262 g/mol. The van der Waals surface area contributed by atoms with Crippen LogP contribution in [0.4, 0.5) is 0 Å². The van der Waals surface area contributed by atoms with E-state index in [1.54, 1.807) is 0 Å². The van der Waals surface area contributed by atoms with E-state index in [9.17, 15) is 9.59 Å². The zero-order valence-corrected chi connectivity index (χ0v) is 12.1. The molecular formula is C18H19NO2. The van der Waals surface area contributed by atoms with Gasteiger partial charge in [0.25, 0.3) is 0 Å². The predicted octanol–water partition coefficient (Wildman–Crippen LogP) is 2.55. The quantitative estimate of drug-likeness (QED) is 0.884. The minimum atomic E-state index is -0.469. The maximum absolute atomic E-state index is 12.1. The number of benzene rings is 2. The molecule has 21 heavy (non-hydrogen) atoms. The molecule has 1 unspecified atom stereocenters. The summed E-state index contributed by atoms with van der Waals surface area (Å²) in [5.74, 6) is -0.155. The van der Waals surface area contributed by atoms with Gasteiger partial charge in [-0.25, -0.2) is 0 Å². The lowest BCUT2D eigenvalue weighted by Crippen LogP contribution is -2.42. The van der Waals surface area contributed by atoms with Gasteiger partial charge in [-0.15, -0.1) is 0 Å². The zero-order valence-electron chi connectivity index (χ0n) is 12.1. The Hall–Kier alpha value is -2.42. The molecule has 3 nitrogen and oxygen atoms in total. The van der Waals surface area contributed by atoms with Gasteiger partial charge in [-0.05, 0) is 24.5 Å². The highest BCUT2D eigenvalue weighted by molar-refractivity contribution is 5.88. The van der Waals surface area contributed by atoms with Crippen LogP contribution in [0.25, 0.3) is 0 Å². The average molecular weight is 281 g/mol. The standard InChI is InChI=1S/C18H19NO2/c1-14(20)17(12-15-8-4-2-5-9-15)19-18(21)13-16-10-6-3-7-11-16/h2-11,17H,12-13H2,1H3,(H,19,21). The Balaban J connectivity index is 1.96. The number of carbonyl (C=O) groups is 2. The van der Waals surface area contributed by atoms with Crippen LogP contribution in [0.5, 0.6) is 0 Å². The van der Waals surface area contributed by atoms with E-state index in [4.69, 9.17) is 0 Å². The fourth-order valence-electron chi connectivity index (χ4n) is 2.17. The smallest absolute Gasteiger partial charge is 0.225 e. The number of carbonyl (C=O) groups excluding carboxylic acids is 2. The minimum Gasteiger partial charge on any atom is -0.346 e. The highest BCUT2D eigenvalue weighted by Gasteiger charge is 2.17. The third kappa shape index (κ3) is 4.88. The molecule has 108 valence electrons. The third-order valence-electron chi connectivity index (χ3n) is 3.32. The molecule has 0 aromatic heterocycles. The normalized spacial score (nSPS) is 11.7. The van der Waals surface area contributed by atoms with E-state index >= 15 is 0 Å². The van der Waals surface area contributed by atoms with Crippen molar-refractivity contribution in [3.63, 3.8) is 0 Å². The Kier molecular flexibility index (Phi) is 5.27. The van der Waals surface area contributed by atoms with Crippen molar-refractivity contribution in [3.05, 3.63) is 71.8 Å². The Bertz CT molecular complexity index is 593. The molecule has 0 radical (unpaired) electrons. The van der Waals surface area contributed by atoms with Gasteiger partial charge in [-0.2, -0.15) is 0 Å². The Labute approximate surface area is 125 Å². The second kappa shape index (κ2) is 7.39. The molecule has 0 spiro atoms. The summed E-state index contributed by atoms with van der Waals surface area (Å²) in [6.45, 7) is 1.51. The highest BCUT2D eigenvalue weighted by atomic mass is 16.2. The van der Waals surface area contributed by atoms with Crippen LogP contribution >= 0.6 is 0 Å². The Morgan fingerprint density at radius 1 is 0.905 bits per heavy atom. The highest BCUT2D eigenvalue weighted by Crippen LogP contribution is 2.05. The third-order valence-corrected chi connectivity index (χ3v) is 3.32. The van der Waals surface area contributed by atoms with Crippen LogP contribution in [0, 0.1) is 0 Å². The number of rotatable bonds is 6.